The molecule has 6 heteroatoms. The maximum atomic E-state index is 12.6. The van der Waals surface area contributed by atoms with Gasteiger partial charge in [0.05, 0.1) is 7.11 Å². The predicted octanol–water partition coefficient (Wildman–Crippen LogP) is 3.31. The Morgan fingerprint density at radius 1 is 1.12 bits per heavy atom. The zero-order chi connectivity index (χ0) is 18.0. The second kappa shape index (κ2) is 6.68. The quantitative estimate of drug-likeness (QED) is 0.550. The molecule has 3 aromatic rings. The number of hydrogen-bond acceptors (Lipinski definition) is 5. The van der Waals surface area contributed by atoms with E-state index in [1.165, 1.54) is 32.2 Å². The monoisotopic (exact) mass is 339 g/mol. The number of fused-ring (bicyclic) bond motifs is 1. The molecule has 0 aliphatic carbocycles. The van der Waals surface area contributed by atoms with Crippen LogP contribution in [0.5, 0.6) is 11.5 Å². The Morgan fingerprint density at radius 3 is 2.64 bits per heavy atom. The first-order valence-corrected chi connectivity index (χ1v) is 7.69. The van der Waals surface area contributed by atoms with E-state index in [4.69, 9.17) is 9.47 Å². The molecule has 0 bridgehead atoms. The van der Waals surface area contributed by atoms with Crippen molar-refractivity contribution in [3.05, 3.63) is 59.8 Å². The van der Waals surface area contributed by atoms with Gasteiger partial charge in [0, 0.05) is 22.7 Å². The molecule has 2 aromatic carbocycles. The van der Waals surface area contributed by atoms with E-state index in [1.807, 2.05) is 24.3 Å². The van der Waals surface area contributed by atoms with Crippen molar-refractivity contribution in [3.8, 4) is 11.5 Å². The number of nitrogens with one attached hydrogen (secondary N) is 1. The number of benzene rings is 2. The van der Waals surface area contributed by atoms with Crippen molar-refractivity contribution in [1.29, 1.82) is 0 Å². The number of rotatable bonds is 5. The lowest BCUT2D eigenvalue weighted by molar-refractivity contribution is 0.0316. The van der Waals surface area contributed by atoms with Crippen LogP contribution in [0, 0.1) is 0 Å². The number of Topliss-reactive ketones (excluding diaryl/α,β-unsaturated/α-hetero) is 1. The summed E-state index contributed by atoms with van der Waals surface area (Å²) in [6.07, 6.45) is 0.595. The molecule has 1 atom stereocenters. The summed E-state index contributed by atoms with van der Waals surface area (Å²) in [5.41, 5.74) is 1.22. The number of phenols is 1. The Hall–Kier alpha value is -3.28. The number of aromatic hydroxyl groups is 1. The number of aromatic nitrogens is 1. The summed E-state index contributed by atoms with van der Waals surface area (Å²) >= 11 is 0. The first-order valence-electron chi connectivity index (χ1n) is 7.69. The fourth-order valence-corrected chi connectivity index (χ4v) is 2.58. The number of hydrogen-bond donors (Lipinski definition) is 2. The molecule has 0 aliphatic heterocycles. The number of esters is 1. The molecule has 0 amide bonds. The van der Waals surface area contributed by atoms with Crippen LogP contribution >= 0.6 is 0 Å². The lowest BCUT2D eigenvalue weighted by Crippen LogP contribution is -2.24. The van der Waals surface area contributed by atoms with Crippen molar-refractivity contribution < 1.29 is 24.2 Å². The number of para-hydroxylation sites is 1. The van der Waals surface area contributed by atoms with Crippen LogP contribution in [-0.4, -0.2) is 35.1 Å². The van der Waals surface area contributed by atoms with E-state index in [0.29, 0.717) is 11.3 Å². The number of methoxy groups -OCH3 is 1. The number of ketones is 1. The number of phenolic OH excluding ortho intramolecular Hbond substituents is 1. The van der Waals surface area contributed by atoms with Crippen LogP contribution in [-0.2, 0) is 4.74 Å². The van der Waals surface area contributed by atoms with E-state index < -0.39 is 12.1 Å². The van der Waals surface area contributed by atoms with E-state index in [2.05, 4.69) is 4.98 Å². The Balaban J connectivity index is 1.81. The Morgan fingerprint density at radius 2 is 1.88 bits per heavy atom. The van der Waals surface area contributed by atoms with Crippen molar-refractivity contribution in [2.24, 2.45) is 0 Å². The third-order valence-corrected chi connectivity index (χ3v) is 3.93. The summed E-state index contributed by atoms with van der Waals surface area (Å²) in [6, 6.07) is 11.6. The third-order valence-electron chi connectivity index (χ3n) is 3.93. The topological polar surface area (TPSA) is 88.6 Å². The van der Waals surface area contributed by atoms with Gasteiger partial charge in [-0.05, 0) is 31.2 Å². The number of carbonyl (C=O) groups is 2. The predicted molar refractivity (Wildman–Crippen MR) is 92.2 cm³/mol. The maximum absolute atomic E-state index is 12.6. The summed E-state index contributed by atoms with van der Waals surface area (Å²) in [5.74, 6) is -0.955. The molecule has 128 valence electrons. The number of H-pyrrole nitrogens is 1. The molecule has 0 spiro atoms. The average Bonchev–Trinajstić information content (AvgIpc) is 3.05. The van der Waals surface area contributed by atoms with Gasteiger partial charge in [-0.15, -0.1) is 0 Å². The van der Waals surface area contributed by atoms with Gasteiger partial charge in [-0.1, -0.05) is 18.2 Å². The molecule has 6 nitrogen and oxygen atoms in total. The second-order valence-corrected chi connectivity index (χ2v) is 5.54. The molecule has 0 fully saturated rings. The van der Waals surface area contributed by atoms with E-state index >= 15 is 0 Å². The molecular weight excluding hydrogens is 322 g/mol. The van der Waals surface area contributed by atoms with E-state index in [1.54, 1.807) is 6.20 Å². The highest BCUT2D eigenvalue weighted by Crippen LogP contribution is 2.25. The minimum atomic E-state index is -1.00. The zero-order valence-electron chi connectivity index (χ0n) is 13.8. The van der Waals surface area contributed by atoms with Crippen LogP contribution in [0.15, 0.2) is 48.7 Å². The van der Waals surface area contributed by atoms with Gasteiger partial charge < -0.3 is 19.6 Å². The Bertz CT molecular complexity index is 944. The first kappa shape index (κ1) is 16.6. The summed E-state index contributed by atoms with van der Waals surface area (Å²) in [4.78, 5) is 27.9. The van der Waals surface area contributed by atoms with Crippen LogP contribution < -0.4 is 4.74 Å². The lowest BCUT2D eigenvalue weighted by Gasteiger charge is -2.13. The Kier molecular flexibility index (Phi) is 4.43. The van der Waals surface area contributed by atoms with Crippen LogP contribution in [0.3, 0.4) is 0 Å². The normalized spacial score (nSPS) is 11.9. The standard InChI is InChI=1S/C19H17NO5/c1-11(18(22)15-10-20-16-6-4-3-5-13(15)16)25-19(23)14-9-12(24-2)7-8-17(14)21/h3-11,20-21H,1-2H3. The van der Waals surface area contributed by atoms with Crippen molar-refractivity contribution >= 4 is 22.7 Å². The highest BCUT2D eigenvalue weighted by atomic mass is 16.5. The third kappa shape index (κ3) is 3.19. The fraction of sp³-hybridized carbons (Fsp3) is 0.158. The van der Waals surface area contributed by atoms with Gasteiger partial charge in [0.2, 0.25) is 5.78 Å². The molecule has 0 radical (unpaired) electrons. The summed E-state index contributed by atoms with van der Waals surface area (Å²) in [6.45, 7) is 1.50. The van der Waals surface area contributed by atoms with Gasteiger partial charge in [0.1, 0.15) is 17.1 Å². The zero-order valence-corrected chi connectivity index (χ0v) is 13.8. The largest absolute Gasteiger partial charge is 0.507 e. The number of carbonyl (C=O) groups excluding carboxylic acids is 2. The van der Waals surface area contributed by atoms with Gasteiger partial charge in [-0.2, -0.15) is 0 Å². The van der Waals surface area contributed by atoms with Crippen LogP contribution in [0.4, 0.5) is 0 Å². The highest BCUT2D eigenvalue weighted by molar-refractivity contribution is 6.10. The Labute approximate surface area is 144 Å². The van der Waals surface area contributed by atoms with Gasteiger partial charge in [-0.3, -0.25) is 4.79 Å². The molecule has 0 aliphatic rings. The van der Waals surface area contributed by atoms with E-state index in [9.17, 15) is 14.7 Å². The molecule has 3 rings (SSSR count). The molecule has 1 unspecified atom stereocenters. The minimum absolute atomic E-state index is 0.0575. The van der Waals surface area contributed by atoms with Crippen LogP contribution in [0.2, 0.25) is 0 Å². The highest BCUT2D eigenvalue weighted by Gasteiger charge is 2.24. The maximum Gasteiger partial charge on any atom is 0.342 e. The van der Waals surface area contributed by atoms with E-state index in [-0.39, 0.29) is 17.1 Å². The SMILES string of the molecule is COc1ccc(O)c(C(=O)OC(C)C(=O)c2c[nH]c3ccccc23)c1. The van der Waals surface area contributed by atoms with Crippen molar-refractivity contribution in [3.63, 3.8) is 0 Å². The average molecular weight is 339 g/mol. The number of ether oxygens (including phenoxy) is 2. The molecule has 25 heavy (non-hydrogen) atoms. The van der Waals surface area contributed by atoms with E-state index in [0.717, 1.165) is 10.9 Å². The summed E-state index contributed by atoms with van der Waals surface area (Å²) < 4.78 is 10.3. The minimum Gasteiger partial charge on any atom is -0.507 e. The lowest BCUT2D eigenvalue weighted by atomic mass is 10.1. The van der Waals surface area contributed by atoms with Gasteiger partial charge in [0.25, 0.3) is 0 Å². The smallest absolute Gasteiger partial charge is 0.342 e. The van der Waals surface area contributed by atoms with Crippen molar-refractivity contribution in [1.82, 2.24) is 4.98 Å². The summed E-state index contributed by atoms with van der Waals surface area (Å²) in [5, 5.41) is 10.6. The van der Waals surface area contributed by atoms with Crippen molar-refractivity contribution in [2.75, 3.05) is 7.11 Å². The summed E-state index contributed by atoms with van der Waals surface area (Å²) in [7, 11) is 1.45. The molecule has 0 saturated carbocycles. The van der Waals surface area contributed by atoms with Crippen LogP contribution in [0.25, 0.3) is 10.9 Å². The number of aromatic amines is 1. The van der Waals surface area contributed by atoms with Gasteiger partial charge in [-0.25, -0.2) is 4.79 Å². The second-order valence-electron chi connectivity index (χ2n) is 5.54. The van der Waals surface area contributed by atoms with Gasteiger partial charge >= 0.3 is 5.97 Å². The fourth-order valence-electron chi connectivity index (χ4n) is 2.58. The van der Waals surface area contributed by atoms with Crippen molar-refractivity contribution in [2.45, 2.75) is 13.0 Å². The molecular formula is C19H17NO5. The van der Waals surface area contributed by atoms with Gasteiger partial charge in [0.15, 0.2) is 6.10 Å². The first-order chi connectivity index (χ1) is 12.0. The molecule has 2 N–H and O–H groups in total. The molecule has 1 aromatic heterocycles. The van der Waals surface area contributed by atoms with Crippen LogP contribution in [0.1, 0.15) is 27.6 Å². The molecule has 0 saturated heterocycles. The molecule has 1 heterocycles.